The maximum absolute atomic E-state index is 12.7. The minimum Gasteiger partial charge on any atom is -0.478 e. The molecule has 4 rings (SSSR count). The van der Waals surface area contributed by atoms with Gasteiger partial charge in [-0.2, -0.15) is 0 Å². The summed E-state index contributed by atoms with van der Waals surface area (Å²) in [5.74, 6) is -1.000. The number of hydrogen-bond donors (Lipinski definition) is 3. The van der Waals surface area contributed by atoms with Crippen molar-refractivity contribution >= 4 is 26.8 Å². The number of carboxylic acid groups (broad SMARTS) is 1. The van der Waals surface area contributed by atoms with E-state index in [-0.39, 0.29) is 17.0 Å². The van der Waals surface area contributed by atoms with Crippen LogP contribution in [0, 0.1) is 0 Å². The fourth-order valence-corrected chi connectivity index (χ4v) is 5.39. The molecule has 0 saturated carbocycles. The fourth-order valence-electron chi connectivity index (χ4n) is 4.28. The van der Waals surface area contributed by atoms with E-state index in [0.29, 0.717) is 30.4 Å². The first-order valence-corrected chi connectivity index (χ1v) is 13.0. The summed E-state index contributed by atoms with van der Waals surface area (Å²) in [6.07, 6.45) is 1.91. The van der Waals surface area contributed by atoms with Crippen LogP contribution < -0.4 is 4.72 Å². The molecule has 35 heavy (non-hydrogen) atoms. The van der Waals surface area contributed by atoms with Crippen molar-refractivity contribution in [2.45, 2.75) is 43.6 Å². The highest BCUT2D eigenvalue weighted by Crippen LogP contribution is 2.34. The number of sulfonamides is 1. The lowest BCUT2D eigenvalue weighted by molar-refractivity contribution is 0.0697. The van der Waals surface area contributed by atoms with Crippen molar-refractivity contribution in [3.05, 3.63) is 89.5 Å². The topological polar surface area (TPSA) is 104 Å². The molecule has 3 N–H and O–H groups in total. The van der Waals surface area contributed by atoms with E-state index in [4.69, 9.17) is 0 Å². The normalized spacial score (nSPS) is 12.3. The van der Waals surface area contributed by atoms with Crippen LogP contribution in [0.5, 0.6) is 0 Å². The molecule has 0 unspecified atom stereocenters. The van der Waals surface area contributed by atoms with Gasteiger partial charge in [0.2, 0.25) is 10.0 Å². The predicted octanol–water partition coefficient (Wildman–Crippen LogP) is 5.17. The highest BCUT2D eigenvalue weighted by atomic mass is 32.2. The largest absolute Gasteiger partial charge is 0.478 e. The van der Waals surface area contributed by atoms with Crippen molar-refractivity contribution in [3.8, 4) is 11.1 Å². The van der Waals surface area contributed by atoms with Crippen LogP contribution in [0.3, 0.4) is 0 Å². The van der Waals surface area contributed by atoms with Crippen LogP contribution in [0.4, 0.5) is 0 Å². The van der Waals surface area contributed by atoms with Crippen molar-refractivity contribution in [3.63, 3.8) is 0 Å². The zero-order valence-corrected chi connectivity index (χ0v) is 20.6. The van der Waals surface area contributed by atoms with Crippen LogP contribution in [0.15, 0.2) is 77.7 Å². The Balaban J connectivity index is 1.42. The molecule has 0 atom stereocenters. The lowest BCUT2D eigenvalue weighted by Crippen LogP contribution is -2.24. The molecule has 7 heteroatoms. The first-order chi connectivity index (χ1) is 16.6. The van der Waals surface area contributed by atoms with Gasteiger partial charge in [0, 0.05) is 6.54 Å². The molecule has 0 fully saturated rings. The van der Waals surface area contributed by atoms with Gasteiger partial charge in [0.15, 0.2) is 0 Å². The maximum Gasteiger partial charge on any atom is 0.336 e. The van der Waals surface area contributed by atoms with Crippen LogP contribution in [-0.2, 0) is 22.0 Å². The number of carboxylic acids is 1. The van der Waals surface area contributed by atoms with Gasteiger partial charge in [0.25, 0.3) is 0 Å². The monoisotopic (exact) mass is 491 g/mol. The number of nitrogens with one attached hydrogen (secondary N) is 1. The number of hydrogen-bond acceptors (Lipinski definition) is 4. The molecular weight excluding hydrogens is 462 g/mol. The van der Waals surface area contributed by atoms with Crippen LogP contribution in [0.2, 0.25) is 0 Å². The van der Waals surface area contributed by atoms with Crippen molar-refractivity contribution in [2.24, 2.45) is 0 Å². The Kier molecular flexibility index (Phi) is 6.94. The lowest BCUT2D eigenvalue weighted by atomic mass is 10.0. The molecule has 2 aromatic rings. The van der Waals surface area contributed by atoms with Gasteiger partial charge in [0.05, 0.1) is 16.1 Å². The van der Waals surface area contributed by atoms with Gasteiger partial charge in [-0.25, -0.2) is 17.9 Å². The maximum atomic E-state index is 12.7. The third-order valence-electron chi connectivity index (χ3n) is 6.24. The Hall–Kier alpha value is -3.26. The second-order valence-electron chi connectivity index (χ2n) is 9.26. The molecule has 0 spiro atoms. The van der Waals surface area contributed by atoms with Crippen molar-refractivity contribution in [2.75, 3.05) is 6.54 Å². The lowest BCUT2D eigenvalue weighted by Gasteiger charge is -2.15. The van der Waals surface area contributed by atoms with Crippen LogP contribution >= 0.6 is 0 Å². The molecule has 0 aliphatic heterocycles. The average Bonchev–Trinajstić information content (AvgIpc) is 2.99. The number of carbonyl (C=O) groups is 1. The molecule has 2 aliphatic rings. The van der Waals surface area contributed by atoms with E-state index in [0.717, 1.165) is 21.9 Å². The van der Waals surface area contributed by atoms with Gasteiger partial charge >= 0.3 is 5.97 Å². The smallest absolute Gasteiger partial charge is 0.336 e. The predicted molar refractivity (Wildman–Crippen MR) is 137 cm³/mol. The van der Waals surface area contributed by atoms with E-state index in [1.54, 1.807) is 50.2 Å². The molecule has 2 aliphatic carbocycles. The number of fused-ring (bicyclic) bond motifs is 2. The number of unbranched alkanes of at least 4 members (excludes halogenated alkanes) is 1. The van der Waals surface area contributed by atoms with E-state index in [9.17, 15) is 23.4 Å². The van der Waals surface area contributed by atoms with E-state index in [2.05, 4.69) is 4.72 Å². The molecule has 0 saturated heterocycles. The number of aromatic carboxylic acids is 1. The molecular formula is C28H29NO5S. The first-order valence-electron chi connectivity index (χ1n) is 11.6. The SMILES string of the molecule is CC(C)(O)c1ccc2c(CCCCNS(=O)(=O)c3ccc4ccccc4c3)cc(C(=O)O)c-2cc1. The fraction of sp³-hybridized carbons (Fsp3) is 0.250. The molecule has 6 nitrogen and oxygen atoms in total. The molecule has 0 heterocycles. The van der Waals surface area contributed by atoms with Gasteiger partial charge in [0.1, 0.15) is 0 Å². The van der Waals surface area contributed by atoms with Crippen LogP contribution in [0.1, 0.15) is 48.2 Å². The van der Waals surface area contributed by atoms with E-state index in [1.807, 2.05) is 36.4 Å². The van der Waals surface area contributed by atoms with Gasteiger partial charge in [-0.05, 0) is 84.3 Å². The summed E-state index contributed by atoms with van der Waals surface area (Å²) in [6, 6.07) is 21.5. The van der Waals surface area contributed by atoms with Gasteiger partial charge in [-0.3, -0.25) is 0 Å². The quantitative estimate of drug-likeness (QED) is 0.280. The first kappa shape index (κ1) is 24.9. The Morgan fingerprint density at radius 3 is 2.26 bits per heavy atom. The number of rotatable bonds is 9. The Morgan fingerprint density at radius 2 is 1.57 bits per heavy atom. The number of aryl methyl sites for hydroxylation is 1. The highest BCUT2D eigenvalue weighted by molar-refractivity contribution is 7.89. The van der Waals surface area contributed by atoms with Crippen LogP contribution in [-0.4, -0.2) is 31.1 Å². The molecule has 0 amide bonds. The summed E-state index contributed by atoms with van der Waals surface area (Å²) in [6.45, 7) is 3.66. The number of benzene rings is 2. The summed E-state index contributed by atoms with van der Waals surface area (Å²) in [5, 5.41) is 21.8. The standard InChI is InChI=1S/C28H29NO5S/c1-28(2,32)22-11-14-24-21(18-26(27(30)31)25(24)15-12-22)9-5-6-16-29-35(33,34)23-13-10-19-7-3-4-8-20(19)17-23/h3-4,7-8,10-15,17-18,29,32H,5-6,9,16H2,1-2H3,(H,30,31). The third-order valence-corrected chi connectivity index (χ3v) is 7.70. The summed E-state index contributed by atoms with van der Waals surface area (Å²) in [5.41, 5.74) is 2.23. The van der Waals surface area contributed by atoms with E-state index >= 15 is 0 Å². The molecule has 0 aromatic heterocycles. The van der Waals surface area contributed by atoms with E-state index in [1.165, 1.54) is 0 Å². The zero-order chi connectivity index (χ0) is 25.2. The highest BCUT2D eigenvalue weighted by Gasteiger charge is 2.21. The minimum atomic E-state index is -3.62. The molecule has 182 valence electrons. The summed E-state index contributed by atoms with van der Waals surface area (Å²) < 4.78 is 28.1. The second kappa shape index (κ2) is 9.77. The average molecular weight is 492 g/mol. The summed E-state index contributed by atoms with van der Waals surface area (Å²) in [4.78, 5) is 12.0. The van der Waals surface area contributed by atoms with Gasteiger partial charge < -0.3 is 10.2 Å². The molecule has 0 bridgehead atoms. The van der Waals surface area contributed by atoms with Crippen molar-refractivity contribution < 1.29 is 23.4 Å². The van der Waals surface area contributed by atoms with Gasteiger partial charge in [-0.15, -0.1) is 0 Å². The van der Waals surface area contributed by atoms with Gasteiger partial charge in [-0.1, -0.05) is 54.6 Å². The van der Waals surface area contributed by atoms with Crippen molar-refractivity contribution in [1.29, 1.82) is 0 Å². The second-order valence-corrected chi connectivity index (χ2v) is 11.0. The van der Waals surface area contributed by atoms with Crippen molar-refractivity contribution in [1.82, 2.24) is 4.72 Å². The molecule has 2 aromatic carbocycles. The Labute approximate surface area is 205 Å². The minimum absolute atomic E-state index is 0.227. The Morgan fingerprint density at radius 1 is 0.886 bits per heavy atom. The number of aliphatic hydroxyl groups is 1. The van der Waals surface area contributed by atoms with E-state index < -0.39 is 21.6 Å². The van der Waals surface area contributed by atoms with Crippen LogP contribution in [0.25, 0.3) is 21.9 Å². The summed E-state index contributed by atoms with van der Waals surface area (Å²) >= 11 is 0. The Bertz CT molecular complexity index is 1450. The molecule has 0 radical (unpaired) electrons. The third kappa shape index (κ3) is 5.53. The summed E-state index contributed by atoms with van der Waals surface area (Å²) in [7, 11) is -3.62. The zero-order valence-electron chi connectivity index (χ0n) is 19.8.